The summed E-state index contributed by atoms with van der Waals surface area (Å²) in [6, 6.07) is 10.8. The largest absolute Gasteiger partial charge is 0.550 e. The third-order valence-corrected chi connectivity index (χ3v) is 6.58. The number of thioether (sulfide) groups is 1. The lowest BCUT2D eigenvalue weighted by Gasteiger charge is -2.12. The number of nitrogens with zero attached hydrogens (tertiary/aromatic N) is 2. The molecule has 33 heavy (non-hydrogen) atoms. The highest BCUT2D eigenvalue weighted by molar-refractivity contribution is 8.15. The summed E-state index contributed by atoms with van der Waals surface area (Å²) < 4.78 is 36.0. The number of ether oxygens (including phenoxy) is 1. The van der Waals surface area contributed by atoms with E-state index in [-0.39, 0.29) is 28.2 Å². The van der Waals surface area contributed by atoms with Crippen LogP contribution in [0.3, 0.4) is 0 Å². The molecule has 1 N–H and O–H groups in total. The maximum Gasteiger partial charge on any atom is 0.339 e. The van der Waals surface area contributed by atoms with E-state index in [0.29, 0.717) is 5.56 Å². The van der Waals surface area contributed by atoms with E-state index in [1.165, 1.54) is 30.5 Å². The molecule has 1 saturated heterocycles. The van der Waals surface area contributed by atoms with E-state index in [1.54, 1.807) is 25.1 Å². The van der Waals surface area contributed by atoms with Crippen LogP contribution in [0.1, 0.15) is 24.5 Å². The summed E-state index contributed by atoms with van der Waals surface area (Å²) in [7, 11) is -4.06. The highest BCUT2D eigenvalue weighted by Crippen LogP contribution is 2.31. The van der Waals surface area contributed by atoms with Gasteiger partial charge in [0.15, 0.2) is 16.7 Å². The molecule has 0 aliphatic carbocycles. The van der Waals surface area contributed by atoms with Crippen LogP contribution in [0.5, 0.6) is 11.5 Å². The molecule has 1 atom stereocenters. The van der Waals surface area contributed by atoms with Gasteiger partial charge in [0.1, 0.15) is 4.90 Å². The number of aryl methyl sites for hydroxylation is 1. The zero-order valence-corrected chi connectivity index (χ0v) is 19.3. The number of aliphatic carboxylic acids is 1. The third-order valence-electron chi connectivity index (χ3n) is 4.26. The van der Waals surface area contributed by atoms with Crippen molar-refractivity contribution < 1.29 is 32.0 Å². The molecule has 2 aromatic rings. The molecule has 0 radical (unpaired) electrons. The summed E-state index contributed by atoms with van der Waals surface area (Å²) in [6.45, 7) is 3.86. The molecule has 1 fully saturated rings. The van der Waals surface area contributed by atoms with Crippen LogP contribution >= 0.6 is 11.8 Å². The van der Waals surface area contributed by atoms with Gasteiger partial charge in [-0.05, 0) is 49.7 Å². The maximum atomic E-state index is 12.6. The molecule has 10 nitrogen and oxygen atoms in total. The van der Waals surface area contributed by atoms with Crippen molar-refractivity contribution in [1.82, 2.24) is 5.32 Å². The van der Waals surface area contributed by atoms with Crippen molar-refractivity contribution in [1.29, 1.82) is 0 Å². The molecule has 0 aromatic heterocycles. The molecular weight excluding hydrogens is 470 g/mol. The molecule has 3 rings (SSSR count). The Kier molecular flexibility index (Phi) is 7.71. The first-order valence-corrected chi connectivity index (χ1v) is 12.0. The highest BCUT2D eigenvalue weighted by atomic mass is 32.2. The number of amides is 1. The second-order valence-corrected chi connectivity index (χ2v) is 9.55. The zero-order chi connectivity index (χ0) is 24.0. The minimum atomic E-state index is -4.06. The maximum absolute atomic E-state index is 12.6. The molecule has 1 aliphatic rings. The van der Waals surface area contributed by atoms with Crippen molar-refractivity contribution >= 4 is 45.1 Å². The average Bonchev–Trinajstić information content (AvgIpc) is 3.08. The molecule has 0 spiro atoms. The number of amidine groups is 1. The Morgan fingerprint density at radius 1 is 1.21 bits per heavy atom. The number of carboxylic acids is 1. The van der Waals surface area contributed by atoms with Crippen molar-refractivity contribution in [3.8, 4) is 11.5 Å². The van der Waals surface area contributed by atoms with Crippen LogP contribution < -0.4 is 19.3 Å². The molecule has 1 aliphatic heterocycles. The standard InChI is InChI=1S/C21H21N3O7S2/c1-3-30-17-10-14(12-22-24-21-23-20(27)18(32-21)11-19(25)26)6-9-16(17)31-33(28,29)15-7-4-13(2)5-8-15/h4-10,12,18H,3,11H2,1-2H3,(H,25,26)(H,23,24,27)/p-1/b22-12-/t18-/m0/s1. The van der Waals surface area contributed by atoms with E-state index < -0.39 is 33.7 Å². The Bertz CT molecular complexity index is 1210. The van der Waals surface area contributed by atoms with Gasteiger partial charge in [0, 0.05) is 12.4 Å². The second kappa shape index (κ2) is 10.5. The summed E-state index contributed by atoms with van der Waals surface area (Å²) >= 11 is 0.944. The van der Waals surface area contributed by atoms with E-state index in [0.717, 1.165) is 17.3 Å². The Balaban J connectivity index is 1.75. The monoisotopic (exact) mass is 490 g/mol. The number of carbonyl (C=O) groups is 2. The summed E-state index contributed by atoms with van der Waals surface area (Å²) in [5.41, 5.74) is 1.45. The Morgan fingerprint density at radius 3 is 2.61 bits per heavy atom. The number of carboxylic acid groups (broad SMARTS) is 1. The topological polar surface area (TPSA) is 147 Å². The molecule has 12 heteroatoms. The van der Waals surface area contributed by atoms with Gasteiger partial charge in [0.05, 0.1) is 18.1 Å². The number of rotatable bonds is 9. The molecule has 0 bridgehead atoms. The van der Waals surface area contributed by atoms with Crippen LogP contribution in [0.4, 0.5) is 0 Å². The van der Waals surface area contributed by atoms with Crippen LogP contribution in [0.25, 0.3) is 0 Å². The first kappa shape index (κ1) is 24.3. The fourth-order valence-electron chi connectivity index (χ4n) is 2.70. The smallest absolute Gasteiger partial charge is 0.339 e. The lowest BCUT2D eigenvalue weighted by atomic mass is 10.2. The molecule has 0 saturated carbocycles. The van der Waals surface area contributed by atoms with E-state index in [1.807, 2.05) is 6.92 Å². The minimum Gasteiger partial charge on any atom is -0.550 e. The first-order chi connectivity index (χ1) is 15.7. The Morgan fingerprint density at radius 2 is 1.94 bits per heavy atom. The van der Waals surface area contributed by atoms with Crippen LogP contribution in [-0.4, -0.2) is 43.5 Å². The van der Waals surface area contributed by atoms with Crippen LogP contribution in [0.2, 0.25) is 0 Å². The van der Waals surface area contributed by atoms with E-state index >= 15 is 0 Å². The average molecular weight is 491 g/mol. The fraction of sp³-hybridized carbons (Fsp3) is 0.238. The van der Waals surface area contributed by atoms with Crippen molar-refractivity contribution in [3.63, 3.8) is 0 Å². The molecule has 1 amide bonds. The molecule has 1 heterocycles. The van der Waals surface area contributed by atoms with Crippen LogP contribution in [0, 0.1) is 6.92 Å². The summed E-state index contributed by atoms with van der Waals surface area (Å²) in [5, 5.41) is 20.2. The third kappa shape index (κ3) is 6.56. The minimum absolute atomic E-state index is 0.0182. The summed E-state index contributed by atoms with van der Waals surface area (Å²) in [6.07, 6.45) is 0.941. The van der Waals surface area contributed by atoms with Crippen molar-refractivity contribution in [2.75, 3.05) is 6.61 Å². The number of carbonyl (C=O) groups excluding carboxylic acids is 2. The Labute approximate surface area is 194 Å². The first-order valence-electron chi connectivity index (χ1n) is 9.74. The van der Waals surface area contributed by atoms with Gasteiger partial charge in [0.2, 0.25) is 5.91 Å². The van der Waals surface area contributed by atoms with Gasteiger partial charge in [-0.1, -0.05) is 29.5 Å². The van der Waals surface area contributed by atoms with Gasteiger partial charge in [-0.15, -0.1) is 5.10 Å². The number of hydrogen-bond donors (Lipinski definition) is 1. The van der Waals surface area contributed by atoms with Gasteiger partial charge in [-0.3, -0.25) is 4.79 Å². The van der Waals surface area contributed by atoms with E-state index in [2.05, 4.69) is 15.5 Å². The molecule has 2 aromatic carbocycles. The van der Waals surface area contributed by atoms with Crippen molar-refractivity contribution in [2.24, 2.45) is 10.2 Å². The van der Waals surface area contributed by atoms with Crippen molar-refractivity contribution in [3.05, 3.63) is 53.6 Å². The molecule has 0 unspecified atom stereocenters. The van der Waals surface area contributed by atoms with Gasteiger partial charge >= 0.3 is 10.1 Å². The normalized spacial score (nSPS) is 17.3. The quantitative estimate of drug-likeness (QED) is 0.314. The van der Waals surface area contributed by atoms with Crippen molar-refractivity contribution in [2.45, 2.75) is 30.4 Å². The fourth-order valence-corrected chi connectivity index (χ4v) is 4.55. The lowest BCUT2D eigenvalue weighted by molar-refractivity contribution is -0.305. The van der Waals surface area contributed by atoms with Gasteiger partial charge < -0.3 is 24.1 Å². The van der Waals surface area contributed by atoms with Crippen LogP contribution in [-0.2, 0) is 19.7 Å². The SMILES string of the molecule is CCOc1cc(/C=N\N=C2/NC(=O)[C@H](CC(=O)[O-])S2)ccc1OS(=O)(=O)c1ccc(C)cc1. The number of hydrogen-bond acceptors (Lipinski definition) is 10. The Hall–Kier alpha value is -3.38. The predicted octanol–water partition coefficient (Wildman–Crippen LogP) is 1.22. The van der Waals surface area contributed by atoms with E-state index in [4.69, 9.17) is 8.92 Å². The highest BCUT2D eigenvalue weighted by Gasteiger charge is 2.30. The number of nitrogens with one attached hydrogen (secondary N) is 1. The molecule has 174 valence electrons. The second-order valence-electron chi connectivity index (χ2n) is 6.81. The zero-order valence-electron chi connectivity index (χ0n) is 17.7. The van der Waals surface area contributed by atoms with Crippen LogP contribution in [0.15, 0.2) is 57.6 Å². The summed E-state index contributed by atoms with van der Waals surface area (Å²) in [5.74, 6) is -1.59. The lowest BCUT2D eigenvalue weighted by Crippen LogP contribution is -2.31. The van der Waals surface area contributed by atoms with E-state index in [9.17, 15) is 23.1 Å². The molecular formula is C21H20N3O7S2-. The van der Waals surface area contributed by atoms with Gasteiger partial charge in [0.25, 0.3) is 0 Å². The summed E-state index contributed by atoms with van der Waals surface area (Å²) in [4.78, 5) is 22.4. The van der Waals surface area contributed by atoms with Gasteiger partial charge in [-0.2, -0.15) is 13.5 Å². The predicted molar refractivity (Wildman–Crippen MR) is 121 cm³/mol. The number of benzene rings is 2. The van der Waals surface area contributed by atoms with Gasteiger partial charge in [-0.25, -0.2) is 0 Å².